The van der Waals surface area contributed by atoms with Crippen molar-refractivity contribution in [3.8, 4) is 11.5 Å². The Morgan fingerprint density at radius 1 is 0.654 bits per heavy atom. The minimum atomic E-state index is -1.49. The maximum absolute atomic E-state index is 13.6. The molecule has 2 aliphatic heterocycles. The quantitative estimate of drug-likeness (QED) is 0.0379. The number of aliphatic carboxylic acids is 2. The van der Waals surface area contributed by atoms with Crippen LogP contribution in [0, 0.1) is 17.8 Å². The lowest BCUT2D eigenvalue weighted by atomic mass is 9.96. The number of phenolic OH excluding ortho intramolecular Hbond substituents is 2. The highest BCUT2D eigenvalue weighted by Gasteiger charge is 2.37. The number of hydrogen-bond acceptors (Lipinski definition) is 14. The van der Waals surface area contributed by atoms with E-state index in [1.165, 1.54) is 36.4 Å². The Hall–Kier alpha value is -8.16. The summed E-state index contributed by atoms with van der Waals surface area (Å²) in [6.07, 6.45) is 1.94. The van der Waals surface area contributed by atoms with E-state index in [4.69, 9.17) is 5.73 Å². The number of primary amides is 1. The van der Waals surface area contributed by atoms with Gasteiger partial charge >= 0.3 is 11.9 Å². The monoisotopic (exact) mass is 1140 g/mol. The second-order valence-electron chi connectivity index (χ2n) is 21.3. The third-order valence-electron chi connectivity index (χ3n) is 13.5. The highest BCUT2D eigenvalue weighted by atomic mass is 16.4. The second kappa shape index (κ2) is 33.4. The van der Waals surface area contributed by atoms with Crippen molar-refractivity contribution in [3.63, 3.8) is 0 Å². The number of aromatic hydroxyl groups is 2. The summed E-state index contributed by atoms with van der Waals surface area (Å²) >= 11 is 0. The van der Waals surface area contributed by atoms with Crippen molar-refractivity contribution in [1.82, 2.24) is 42.5 Å². The van der Waals surface area contributed by atoms with E-state index in [0.29, 0.717) is 12.0 Å². The lowest BCUT2D eigenvalue weighted by molar-refractivity contribution is -0.657. The summed E-state index contributed by atoms with van der Waals surface area (Å²) in [4.78, 5) is 149. The molecule has 0 unspecified atom stereocenters. The maximum atomic E-state index is 13.6. The first kappa shape index (κ1) is 67.1. The van der Waals surface area contributed by atoms with Crippen molar-refractivity contribution in [3.05, 3.63) is 59.7 Å². The van der Waals surface area contributed by atoms with Crippen LogP contribution in [0.2, 0.25) is 0 Å². The van der Waals surface area contributed by atoms with E-state index in [1.807, 2.05) is 46.9 Å². The molecule has 446 valence electrons. The second-order valence-corrected chi connectivity index (χ2v) is 21.3. The van der Waals surface area contributed by atoms with Crippen molar-refractivity contribution >= 4 is 71.4 Å². The van der Waals surface area contributed by atoms with Crippen molar-refractivity contribution < 1.29 is 83.3 Å². The van der Waals surface area contributed by atoms with Gasteiger partial charge in [0.25, 0.3) is 5.91 Å². The fraction of sp³-hybridized carbons (Fsp3) is 0.564. The van der Waals surface area contributed by atoms with E-state index >= 15 is 0 Å². The van der Waals surface area contributed by atoms with Gasteiger partial charge in [0.2, 0.25) is 47.3 Å². The van der Waals surface area contributed by atoms with E-state index < -0.39 is 121 Å². The van der Waals surface area contributed by atoms with Crippen LogP contribution in [0.3, 0.4) is 0 Å². The molecule has 26 heteroatoms. The van der Waals surface area contributed by atoms with Crippen LogP contribution in [0.15, 0.2) is 48.5 Å². The molecule has 10 atom stereocenters. The number of phenols is 2. The number of rotatable bonds is 31. The van der Waals surface area contributed by atoms with E-state index in [1.54, 1.807) is 12.1 Å². The van der Waals surface area contributed by atoms with Gasteiger partial charge in [-0.1, -0.05) is 72.2 Å². The molecule has 9 amide bonds. The van der Waals surface area contributed by atoms with Crippen molar-refractivity contribution in [1.29, 1.82) is 0 Å². The molecule has 0 aromatic heterocycles. The summed E-state index contributed by atoms with van der Waals surface area (Å²) in [5.74, 6) is -8.28. The zero-order chi connectivity index (χ0) is 60.5. The molecule has 0 radical (unpaired) electrons. The number of hydrogen-bond donors (Lipinski definition) is 14. The third kappa shape index (κ3) is 24.0. The number of amides is 9. The van der Waals surface area contributed by atoms with Gasteiger partial charge in [-0.05, 0) is 78.8 Å². The molecule has 26 nitrogen and oxygen atoms in total. The topological polar surface area (TPSA) is 425 Å². The molecule has 0 saturated carbocycles. The van der Waals surface area contributed by atoms with Gasteiger partial charge in [0.1, 0.15) is 60.1 Å². The smallest absolute Gasteiger partial charge is 0.326 e. The van der Waals surface area contributed by atoms with Crippen LogP contribution >= 0.6 is 0 Å². The van der Waals surface area contributed by atoms with E-state index in [9.17, 15) is 78.0 Å². The number of carbonyl (C=O) groups is 12. The largest absolute Gasteiger partial charge is 0.508 e. The molecule has 2 saturated heterocycles. The fourth-order valence-electron chi connectivity index (χ4n) is 8.86. The van der Waals surface area contributed by atoms with E-state index in [-0.39, 0.29) is 91.9 Å². The third-order valence-corrected chi connectivity index (χ3v) is 13.5. The predicted molar refractivity (Wildman–Crippen MR) is 291 cm³/mol. The average Bonchev–Trinajstić information content (AvgIpc) is 4.12. The Bertz CT molecular complexity index is 2500. The Kier molecular flexibility index (Phi) is 27.7. The minimum Gasteiger partial charge on any atom is -0.508 e. The number of quaternary nitrogens is 1. The van der Waals surface area contributed by atoms with Crippen LogP contribution in [-0.4, -0.2) is 153 Å². The number of benzene rings is 2. The summed E-state index contributed by atoms with van der Waals surface area (Å²) in [6.45, 7) is 11.9. The molecule has 2 aromatic rings. The zero-order valence-electron chi connectivity index (χ0n) is 46.7. The Labute approximate surface area is 470 Å². The molecule has 2 aromatic carbocycles. The van der Waals surface area contributed by atoms with Gasteiger partial charge in [-0.3, -0.25) is 47.9 Å². The van der Waals surface area contributed by atoms with Crippen LogP contribution in [0.5, 0.6) is 11.5 Å². The molecule has 81 heavy (non-hydrogen) atoms. The lowest BCUT2D eigenvalue weighted by Gasteiger charge is -2.28. The van der Waals surface area contributed by atoms with E-state index in [2.05, 4.69) is 42.5 Å². The molecule has 0 aliphatic carbocycles. The number of carboxylic acid groups (broad SMARTS) is 2. The zero-order valence-corrected chi connectivity index (χ0v) is 46.7. The van der Waals surface area contributed by atoms with E-state index in [0.717, 1.165) is 24.9 Å². The van der Waals surface area contributed by atoms with Gasteiger partial charge in [-0.15, -0.1) is 0 Å². The van der Waals surface area contributed by atoms with Gasteiger partial charge < -0.3 is 78.8 Å². The Morgan fingerprint density at radius 2 is 1.15 bits per heavy atom. The standard InChI is InChI=1S/C29H40N6O10.C26H40N4O6/c1-15(2)11-21(34-27(43)19-7-9-24(39)32-19)28(44)35-22(12-16-3-5-18(37)6-4-16)29(45)33-20(8-10-25(40)41)26(42)31-17(14-36)13-23(30)38;1-5-16(4)22(25(34)29-21(26(35)36)13-15(2)3)30-24(33)20(14-17-8-10-18(31)11-9-17)28-23(32)19-7-6-12-27-19/h3-6,14-15,17,19-22,37H,7-13H2,1-2H3,(H2,30,38)(H,31,42)(H,32,39)(H,33,45)(H,34,43)(H,35,44)(H,40,41);8-11,15-16,19-22,27,31H,5-7,12-14H2,1-4H3,(H,28,32)(H,29,34)(H,30,33)(H,35,36)/p+1/t17-,19-,20-,21-,22-;16-,19-,20-,21-,22-/m00/s1. The number of nitrogens with one attached hydrogen (secondary N) is 8. The van der Waals surface area contributed by atoms with Gasteiger partial charge in [-0.25, -0.2) is 4.79 Å². The lowest BCUT2D eigenvalue weighted by Crippen LogP contribution is -2.89. The first-order chi connectivity index (χ1) is 38.2. The molecule has 2 aliphatic rings. The predicted octanol–water partition coefficient (Wildman–Crippen LogP) is -1.57. The fourth-order valence-corrected chi connectivity index (χ4v) is 8.86. The molecular formula is C55H81N10O16+. The first-order valence-electron chi connectivity index (χ1n) is 27.2. The van der Waals surface area contributed by atoms with Gasteiger partial charge in [0.15, 0.2) is 6.04 Å². The van der Waals surface area contributed by atoms with Crippen LogP contribution in [0.1, 0.15) is 117 Å². The summed E-state index contributed by atoms with van der Waals surface area (Å²) in [5, 5.41) is 60.5. The SMILES string of the molecule is CC(C)C[C@H](NC(=O)[C@@H]1CCC(=O)N1)C(=O)N[C@@H](Cc1ccc(O)cc1)C(=O)N[C@@H](CCC(=O)O)C(=O)N[C@H](C=O)CC(N)=O.CC[C@H](C)[C@H](NC(=O)[C@H](Cc1ccc(O)cc1)NC(=O)[C@@H]1CCC[NH2+]1)C(=O)N[C@@H](CC(C)C)C(=O)O. The Morgan fingerprint density at radius 3 is 1.62 bits per heavy atom. The van der Waals surface area contributed by atoms with Gasteiger partial charge in [0.05, 0.1) is 19.0 Å². The molecule has 2 fully saturated rings. The number of aldehydes is 1. The highest BCUT2D eigenvalue weighted by Crippen LogP contribution is 2.17. The molecular weight excluding hydrogens is 1060 g/mol. The maximum Gasteiger partial charge on any atom is 0.326 e. The van der Waals surface area contributed by atoms with Gasteiger partial charge in [0, 0.05) is 38.5 Å². The molecule has 0 spiro atoms. The summed E-state index contributed by atoms with van der Waals surface area (Å²) < 4.78 is 0. The highest BCUT2D eigenvalue weighted by molar-refractivity contribution is 5.97. The van der Waals surface area contributed by atoms with Crippen LogP contribution in [0.4, 0.5) is 0 Å². The minimum absolute atomic E-state index is 0.0476. The number of nitrogens with two attached hydrogens (primary N) is 2. The molecule has 2 heterocycles. The van der Waals surface area contributed by atoms with Crippen molar-refractivity contribution in [2.75, 3.05) is 6.54 Å². The molecule has 0 bridgehead atoms. The van der Waals surface area contributed by atoms with Crippen LogP contribution in [0.25, 0.3) is 0 Å². The first-order valence-corrected chi connectivity index (χ1v) is 27.2. The molecule has 4 rings (SSSR count). The summed E-state index contributed by atoms with van der Waals surface area (Å²) in [5.41, 5.74) is 6.33. The van der Waals surface area contributed by atoms with Crippen molar-refractivity contribution in [2.24, 2.45) is 23.5 Å². The average molecular weight is 1140 g/mol. The Balaban J connectivity index is 0.000000436. The van der Waals surface area contributed by atoms with Crippen LogP contribution < -0.4 is 53.6 Å². The number of carboxylic acids is 2. The normalized spacial score (nSPS) is 17.6. The van der Waals surface area contributed by atoms with Crippen molar-refractivity contribution in [2.45, 2.75) is 173 Å². The number of carbonyl (C=O) groups excluding carboxylic acids is 10. The van der Waals surface area contributed by atoms with Gasteiger partial charge in [-0.2, -0.15) is 0 Å². The molecule has 16 N–H and O–H groups in total. The summed E-state index contributed by atoms with van der Waals surface area (Å²) in [6, 6.07) is 2.80. The summed E-state index contributed by atoms with van der Waals surface area (Å²) in [7, 11) is 0. The van der Waals surface area contributed by atoms with Crippen LogP contribution in [-0.2, 0) is 70.4 Å².